The van der Waals surface area contributed by atoms with E-state index in [2.05, 4.69) is 4.98 Å². The van der Waals surface area contributed by atoms with Gasteiger partial charge in [-0.15, -0.1) is 0 Å². The van der Waals surface area contributed by atoms with Crippen LogP contribution in [0.5, 0.6) is 5.88 Å². The Labute approximate surface area is 115 Å². The number of rotatable bonds is 3. The molecule has 0 unspecified atom stereocenters. The van der Waals surface area contributed by atoms with Gasteiger partial charge in [0.05, 0.1) is 13.7 Å². The van der Waals surface area contributed by atoms with Crippen molar-refractivity contribution in [3.8, 4) is 17.0 Å². The predicted octanol–water partition coefficient (Wildman–Crippen LogP) is 3.56. The summed E-state index contributed by atoms with van der Waals surface area (Å²) in [4.78, 5) is 4.14. The van der Waals surface area contributed by atoms with Crippen LogP contribution in [0.25, 0.3) is 11.1 Å². The summed E-state index contributed by atoms with van der Waals surface area (Å²) in [6, 6.07) is 7.04. The molecule has 0 fully saturated rings. The summed E-state index contributed by atoms with van der Waals surface area (Å²) in [6.45, 7) is -0.141. The molecular weight excluding hydrogens is 273 g/mol. The molecule has 0 saturated carbocycles. The Hall–Kier alpha value is -1.29. The normalized spacial score (nSPS) is 10.4. The number of aromatic nitrogens is 1. The fourth-order valence-corrected chi connectivity index (χ4v) is 2.20. The van der Waals surface area contributed by atoms with Crippen molar-refractivity contribution < 1.29 is 9.84 Å². The van der Waals surface area contributed by atoms with Crippen molar-refractivity contribution in [1.29, 1.82) is 0 Å². The largest absolute Gasteiger partial charge is 0.481 e. The first-order chi connectivity index (χ1) is 8.63. The molecule has 0 radical (unpaired) electrons. The summed E-state index contributed by atoms with van der Waals surface area (Å²) in [5, 5.41) is 10.4. The molecule has 0 amide bonds. The highest BCUT2D eigenvalue weighted by Gasteiger charge is 2.08. The van der Waals surface area contributed by atoms with Gasteiger partial charge in [-0.05, 0) is 29.8 Å². The van der Waals surface area contributed by atoms with Crippen molar-refractivity contribution in [2.75, 3.05) is 7.11 Å². The standard InChI is InChI=1S/C13H11Cl2NO2/c1-18-13-10(7-17)2-9(6-16-13)8-3-11(14)5-12(15)4-8/h2-6,17H,7H2,1H3. The summed E-state index contributed by atoms with van der Waals surface area (Å²) in [5.74, 6) is 0.411. The molecule has 1 N–H and O–H groups in total. The lowest BCUT2D eigenvalue weighted by molar-refractivity contribution is 0.271. The molecule has 0 atom stereocenters. The van der Waals surface area contributed by atoms with E-state index >= 15 is 0 Å². The van der Waals surface area contributed by atoms with Crippen LogP contribution in [0.15, 0.2) is 30.5 Å². The Morgan fingerprint density at radius 3 is 2.33 bits per heavy atom. The number of pyridine rings is 1. The molecule has 0 saturated heterocycles. The van der Waals surface area contributed by atoms with Crippen molar-refractivity contribution in [3.63, 3.8) is 0 Å². The van der Waals surface area contributed by atoms with Gasteiger partial charge < -0.3 is 9.84 Å². The third-order valence-electron chi connectivity index (χ3n) is 2.48. The minimum Gasteiger partial charge on any atom is -0.481 e. The highest BCUT2D eigenvalue weighted by molar-refractivity contribution is 6.35. The molecule has 5 heteroatoms. The van der Waals surface area contributed by atoms with E-state index in [9.17, 15) is 5.11 Å². The van der Waals surface area contributed by atoms with E-state index in [4.69, 9.17) is 27.9 Å². The van der Waals surface area contributed by atoms with Crippen LogP contribution in [-0.4, -0.2) is 17.2 Å². The summed E-state index contributed by atoms with van der Waals surface area (Å²) in [6.07, 6.45) is 1.65. The van der Waals surface area contributed by atoms with Gasteiger partial charge in [-0.1, -0.05) is 23.2 Å². The number of aliphatic hydroxyl groups excluding tert-OH is 1. The zero-order valence-electron chi connectivity index (χ0n) is 9.65. The number of hydrogen-bond donors (Lipinski definition) is 1. The smallest absolute Gasteiger partial charge is 0.218 e. The zero-order valence-corrected chi connectivity index (χ0v) is 11.2. The Balaban J connectivity index is 2.50. The van der Waals surface area contributed by atoms with Crippen molar-refractivity contribution in [3.05, 3.63) is 46.1 Å². The van der Waals surface area contributed by atoms with E-state index in [1.54, 1.807) is 30.5 Å². The maximum absolute atomic E-state index is 9.26. The van der Waals surface area contributed by atoms with Gasteiger partial charge in [0.2, 0.25) is 5.88 Å². The molecule has 94 valence electrons. The van der Waals surface area contributed by atoms with Crippen molar-refractivity contribution in [1.82, 2.24) is 4.98 Å². The lowest BCUT2D eigenvalue weighted by Gasteiger charge is -2.08. The van der Waals surface area contributed by atoms with Gasteiger partial charge in [0, 0.05) is 27.4 Å². The average molecular weight is 284 g/mol. The lowest BCUT2D eigenvalue weighted by Crippen LogP contribution is -1.95. The Bertz CT molecular complexity index is 553. The van der Waals surface area contributed by atoms with Gasteiger partial charge in [0.1, 0.15) is 0 Å². The molecule has 0 aliphatic carbocycles. The van der Waals surface area contributed by atoms with Crippen LogP contribution in [0.4, 0.5) is 0 Å². The van der Waals surface area contributed by atoms with E-state index in [1.807, 2.05) is 0 Å². The number of methoxy groups -OCH3 is 1. The number of benzene rings is 1. The van der Waals surface area contributed by atoms with E-state index in [1.165, 1.54) is 7.11 Å². The molecule has 1 heterocycles. The minimum absolute atomic E-state index is 0.141. The second-order valence-corrected chi connectivity index (χ2v) is 4.58. The van der Waals surface area contributed by atoms with Gasteiger partial charge in [-0.3, -0.25) is 0 Å². The summed E-state index contributed by atoms with van der Waals surface area (Å²) >= 11 is 11.9. The van der Waals surface area contributed by atoms with Crippen LogP contribution in [-0.2, 0) is 6.61 Å². The van der Waals surface area contributed by atoms with Gasteiger partial charge in [0.15, 0.2) is 0 Å². The van der Waals surface area contributed by atoms with Gasteiger partial charge in [-0.2, -0.15) is 0 Å². The summed E-state index contributed by atoms with van der Waals surface area (Å²) in [5.41, 5.74) is 2.28. The Kier molecular flexibility index (Phi) is 4.07. The molecule has 2 rings (SSSR count). The van der Waals surface area contributed by atoms with Gasteiger partial charge >= 0.3 is 0 Å². The maximum Gasteiger partial charge on any atom is 0.218 e. The van der Waals surface area contributed by atoms with E-state index in [0.717, 1.165) is 11.1 Å². The fraction of sp³-hybridized carbons (Fsp3) is 0.154. The van der Waals surface area contributed by atoms with Crippen LogP contribution >= 0.6 is 23.2 Å². The maximum atomic E-state index is 9.26. The SMILES string of the molecule is COc1ncc(-c2cc(Cl)cc(Cl)c2)cc1CO. The number of aliphatic hydroxyl groups is 1. The van der Waals surface area contributed by atoms with Crippen LogP contribution in [0.2, 0.25) is 10.0 Å². The van der Waals surface area contributed by atoms with Crippen LogP contribution in [0.3, 0.4) is 0 Å². The fourth-order valence-electron chi connectivity index (χ4n) is 1.67. The number of hydrogen-bond acceptors (Lipinski definition) is 3. The molecule has 18 heavy (non-hydrogen) atoms. The minimum atomic E-state index is -0.141. The molecular formula is C13H11Cl2NO2. The third kappa shape index (κ3) is 2.75. The van der Waals surface area contributed by atoms with Gasteiger partial charge in [-0.25, -0.2) is 4.98 Å². The van der Waals surface area contributed by atoms with Crippen LogP contribution in [0, 0.1) is 0 Å². The molecule has 1 aromatic carbocycles. The quantitative estimate of drug-likeness (QED) is 0.937. The second-order valence-electron chi connectivity index (χ2n) is 3.71. The molecule has 0 bridgehead atoms. The third-order valence-corrected chi connectivity index (χ3v) is 2.92. The summed E-state index contributed by atoms with van der Waals surface area (Å²) < 4.78 is 5.05. The molecule has 2 aromatic rings. The van der Waals surface area contributed by atoms with Gasteiger partial charge in [0.25, 0.3) is 0 Å². The first-order valence-corrected chi connectivity index (χ1v) is 6.00. The van der Waals surface area contributed by atoms with Crippen molar-refractivity contribution in [2.45, 2.75) is 6.61 Å². The topological polar surface area (TPSA) is 42.4 Å². The van der Waals surface area contributed by atoms with E-state index in [0.29, 0.717) is 21.5 Å². The molecule has 1 aromatic heterocycles. The van der Waals surface area contributed by atoms with E-state index in [-0.39, 0.29) is 6.61 Å². The molecule has 3 nitrogen and oxygen atoms in total. The second kappa shape index (κ2) is 5.57. The van der Waals surface area contributed by atoms with E-state index < -0.39 is 0 Å². The highest BCUT2D eigenvalue weighted by atomic mass is 35.5. The number of halogens is 2. The number of nitrogens with zero attached hydrogens (tertiary/aromatic N) is 1. The molecule has 0 aliphatic heterocycles. The Morgan fingerprint density at radius 1 is 1.11 bits per heavy atom. The van der Waals surface area contributed by atoms with Crippen LogP contribution in [0.1, 0.15) is 5.56 Å². The highest BCUT2D eigenvalue weighted by Crippen LogP contribution is 2.29. The molecule has 0 aliphatic rings. The molecule has 0 spiro atoms. The Morgan fingerprint density at radius 2 is 1.78 bits per heavy atom. The first-order valence-electron chi connectivity index (χ1n) is 5.24. The first kappa shape index (κ1) is 13.1. The van der Waals surface area contributed by atoms with Crippen molar-refractivity contribution >= 4 is 23.2 Å². The van der Waals surface area contributed by atoms with Crippen LogP contribution < -0.4 is 4.74 Å². The van der Waals surface area contributed by atoms with Crippen molar-refractivity contribution in [2.24, 2.45) is 0 Å². The average Bonchev–Trinajstić information content (AvgIpc) is 2.36. The predicted molar refractivity (Wildman–Crippen MR) is 72.2 cm³/mol. The monoisotopic (exact) mass is 283 g/mol. The lowest BCUT2D eigenvalue weighted by atomic mass is 10.1. The number of ether oxygens (including phenoxy) is 1. The summed E-state index contributed by atoms with van der Waals surface area (Å²) in [7, 11) is 1.51. The zero-order chi connectivity index (χ0) is 13.1.